The van der Waals surface area contributed by atoms with Crippen LogP contribution in [-0.2, 0) is 5.41 Å². The first-order valence-corrected chi connectivity index (χ1v) is 16.8. The summed E-state index contributed by atoms with van der Waals surface area (Å²) in [7, 11) is 0. The highest BCUT2D eigenvalue weighted by Crippen LogP contribution is 2.58. The molecule has 4 nitrogen and oxygen atoms in total. The van der Waals surface area contributed by atoms with Gasteiger partial charge >= 0.3 is 0 Å². The summed E-state index contributed by atoms with van der Waals surface area (Å²) >= 11 is 1.76. The quantitative estimate of drug-likeness (QED) is 0.180. The number of aromatic nitrogens is 3. The molecule has 0 N–H and O–H groups in total. The molecule has 3 aromatic heterocycles. The van der Waals surface area contributed by atoms with E-state index in [-0.39, 0.29) is 5.41 Å². The minimum atomic E-state index is -0.283. The molecular formula is C42H28N4S. The van der Waals surface area contributed by atoms with E-state index in [0.717, 1.165) is 43.8 Å². The van der Waals surface area contributed by atoms with Crippen molar-refractivity contribution in [3.63, 3.8) is 0 Å². The number of nitrogens with zero attached hydrogens (tertiary/aromatic N) is 4. The number of thiophene rings is 1. The number of para-hydroxylation sites is 1. The zero-order valence-corrected chi connectivity index (χ0v) is 26.7. The highest BCUT2D eigenvalue weighted by molar-refractivity contribution is 7.26. The molecule has 1 aliphatic heterocycles. The highest BCUT2D eigenvalue weighted by atomic mass is 32.1. The zero-order valence-electron chi connectivity index (χ0n) is 25.9. The van der Waals surface area contributed by atoms with Crippen LogP contribution in [0.1, 0.15) is 25.0 Å². The molecule has 0 spiro atoms. The van der Waals surface area contributed by atoms with Gasteiger partial charge in [-0.05, 0) is 56.9 Å². The van der Waals surface area contributed by atoms with Crippen LogP contribution in [0.25, 0.3) is 64.0 Å². The van der Waals surface area contributed by atoms with Crippen LogP contribution in [0.4, 0.5) is 17.3 Å². The van der Waals surface area contributed by atoms with Crippen molar-refractivity contribution < 1.29 is 0 Å². The highest BCUT2D eigenvalue weighted by Gasteiger charge is 2.41. The van der Waals surface area contributed by atoms with Gasteiger partial charge in [0.2, 0.25) is 5.95 Å². The van der Waals surface area contributed by atoms with Gasteiger partial charge < -0.3 is 0 Å². The molecule has 0 bridgehead atoms. The third kappa shape index (κ3) is 3.66. The Bertz CT molecular complexity index is 2730. The summed E-state index contributed by atoms with van der Waals surface area (Å²) in [4.78, 5) is 19.2. The monoisotopic (exact) mass is 620 g/mol. The minimum absolute atomic E-state index is 0.283. The molecule has 6 aromatic carbocycles. The van der Waals surface area contributed by atoms with Gasteiger partial charge in [0.05, 0.1) is 27.3 Å². The normalized spacial score (nSPS) is 13.9. The van der Waals surface area contributed by atoms with E-state index >= 15 is 0 Å². The Morgan fingerprint density at radius 2 is 1.34 bits per heavy atom. The summed E-state index contributed by atoms with van der Waals surface area (Å²) < 4.78 is 1.21. The third-order valence-electron chi connectivity index (χ3n) is 9.87. The van der Waals surface area contributed by atoms with E-state index in [1.807, 2.05) is 12.3 Å². The molecule has 0 unspecified atom stereocenters. The Balaban J connectivity index is 1.40. The second-order valence-electron chi connectivity index (χ2n) is 12.8. The molecule has 0 atom stereocenters. The maximum atomic E-state index is 5.54. The molecule has 0 fully saturated rings. The number of benzene rings is 6. The minimum Gasteiger partial charge on any atom is -0.277 e. The van der Waals surface area contributed by atoms with E-state index in [0.29, 0.717) is 5.95 Å². The summed E-state index contributed by atoms with van der Waals surface area (Å²) in [5.41, 5.74) is 7.42. The average molecular weight is 621 g/mol. The lowest BCUT2D eigenvalue weighted by molar-refractivity contribution is 0.638. The van der Waals surface area contributed by atoms with E-state index in [2.05, 4.69) is 140 Å². The molecular weight excluding hydrogens is 593 g/mol. The molecule has 222 valence electrons. The van der Waals surface area contributed by atoms with Gasteiger partial charge in [0.15, 0.2) is 0 Å². The number of rotatable bonds is 2. The first-order chi connectivity index (χ1) is 23.1. The van der Waals surface area contributed by atoms with Gasteiger partial charge in [-0.15, -0.1) is 11.3 Å². The van der Waals surface area contributed by atoms with Crippen LogP contribution < -0.4 is 4.90 Å². The van der Waals surface area contributed by atoms with Gasteiger partial charge in [-0.2, -0.15) is 0 Å². The maximum absolute atomic E-state index is 5.54. The molecule has 47 heavy (non-hydrogen) atoms. The van der Waals surface area contributed by atoms with Crippen molar-refractivity contribution in [2.24, 2.45) is 0 Å². The summed E-state index contributed by atoms with van der Waals surface area (Å²) in [5.74, 6) is 0.665. The first kappa shape index (κ1) is 26.6. The van der Waals surface area contributed by atoms with Gasteiger partial charge in [0, 0.05) is 33.3 Å². The van der Waals surface area contributed by atoms with Crippen molar-refractivity contribution in [2.45, 2.75) is 19.3 Å². The Kier molecular flexibility index (Phi) is 5.47. The van der Waals surface area contributed by atoms with Crippen molar-refractivity contribution in [3.8, 4) is 11.3 Å². The second-order valence-corrected chi connectivity index (χ2v) is 13.8. The number of anilines is 3. The largest absolute Gasteiger partial charge is 0.277 e. The Morgan fingerprint density at radius 3 is 2.21 bits per heavy atom. The summed E-state index contributed by atoms with van der Waals surface area (Å²) in [6.07, 6.45) is 1.90. The lowest BCUT2D eigenvalue weighted by Crippen LogP contribution is -2.31. The summed E-state index contributed by atoms with van der Waals surface area (Å²) in [6, 6.07) is 45.3. The van der Waals surface area contributed by atoms with E-state index in [1.54, 1.807) is 11.3 Å². The number of fused-ring (bicyclic) bond motifs is 12. The number of hydrogen-bond donors (Lipinski definition) is 0. The van der Waals surface area contributed by atoms with Crippen molar-refractivity contribution >= 4 is 81.4 Å². The topological polar surface area (TPSA) is 41.9 Å². The number of hydrogen-bond acceptors (Lipinski definition) is 5. The van der Waals surface area contributed by atoms with Crippen molar-refractivity contribution in [3.05, 3.63) is 145 Å². The Hall–Kier alpha value is -5.65. The maximum Gasteiger partial charge on any atom is 0.235 e. The predicted octanol–water partition coefficient (Wildman–Crippen LogP) is 11.5. The molecule has 0 saturated carbocycles. The second kappa shape index (κ2) is 9.68. The van der Waals surface area contributed by atoms with Crippen LogP contribution in [0.3, 0.4) is 0 Å². The lowest BCUT2D eigenvalue weighted by atomic mass is 9.71. The average Bonchev–Trinajstić information content (AvgIpc) is 3.51. The first-order valence-electron chi connectivity index (χ1n) is 16.0. The SMILES string of the molecule is CC1(C)c2ccccc2N(c2nc(-c3ccccc3)c3c(ccc4ccccc43)n2)c2c1c1ccccc1c1c2sc2ncccc21. The van der Waals surface area contributed by atoms with Crippen molar-refractivity contribution in [2.75, 3.05) is 4.90 Å². The van der Waals surface area contributed by atoms with Crippen LogP contribution in [0.5, 0.6) is 0 Å². The molecule has 0 saturated heterocycles. The van der Waals surface area contributed by atoms with Crippen LogP contribution in [0.2, 0.25) is 0 Å². The third-order valence-corrected chi connectivity index (χ3v) is 11.0. The molecule has 0 amide bonds. The molecule has 9 aromatic rings. The van der Waals surface area contributed by atoms with Crippen molar-refractivity contribution in [1.29, 1.82) is 0 Å². The summed E-state index contributed by atoms with van der Waals surface area (Å²) in [5, 5.41) is 8.32. The smallest absolute Gasteiger partial charge is 0.235 e. The standard InChI is InChI=1S/C42H28N4S/c1-42(2)31-20-10-11-21-33(31)46(38-36(42)29-18-9-8-17-28(29)34-30-19-12-24-43-40(30)47-39(34)38)41-44-32-23-22-25-13-6-7-16-27(25)35(32)37(45-41)26-14-4-3-5-15-26/h3-24H,1-2H3. The van der Waals surface area contributed by atoms with Gasteiger partial charge in [-0.1, -0.05) is 117 Å². The predicted molar refractivity (Wildman–Crippen MR) is 197 cm³/mol. The van der Waals surface area contributed by atoms with Gasteiger partial charge in [0.25, 0.3) is 0 Å². The lowest BCUT2D eigenvalue weighted by Gasteiger charge is -2.42. The fourth-order valence-corrected chi connectivity index (χ4v) is 9.03. The summed E-state index contributed by atoms with van der Waals surface area (Å²) in [6.45, 7) is 4.71. The van der Waals surface area contributed by atoms with Crippen LogP contribution in [-0.4, -0.2) is 15.0 Å². The Labute approximate surface area is 275 Å². The number of pyridine rings is 1. The molecule has 0 radical (unpaired) electrons. The van der Waals surface area contributed by atoms with E-state index < -0.39 is 0 Å². The van der Waals surface area contributed by atoms with Crippen LogP contribution in [0.15, 0.2) is 134 Å². The molecule has 1 aliphatic rings. The molecule has 4 heterocycles. The van der Waals surface area contributed by atoms with Crippen LogP contribution in [0, 0.1) is 0 Å². The fourth-order valence-electron chi connectivity index (χ4n) is 7.83. The zero-order chi connectivity index (χ0) is 31.3. The van der Waals surface area contributed by atoms with Crippen LogP contribution >= 0.6 is 11.3 Å². The fraction of sp³-hybridized carbons (Fsp3) is 0.0714. The van der Waals surface area contributed by atoms with Crippen molar-refractivity contribution in [1.82, 2.24) is 15.0 Å². The van der Waals surface area contributed by atoms with Gasteiger partial charge in [0.1, 0.15) is 4.83 Å². The molecule has 5 heteroatoms. The molecule has 10 rings (SSSR count). The molecule has 0 aliphatic carbocycles. The Morgan fingerprint density at radius 1 is 0.617 bits per heavy atom. The van der Waals surface area contributed by atoms with E-state index in [4.69, 9.17) is 15.0 Å². The van der Waals surface area contributed by atoms with E-state index in [1.165, 1.54) is 42.8 Å². The van der Waals surface area contributed by atoms with Gasteiger partial charge in [-0.3, -0.25) is 4.90 Å². The van der Waals surface area contributed by atoms with Gasteiger partial charge in [-0.25, -0.2) is 15.0 Å². The van der Waals surface area contributed by atoms with E-state index in [9.17, 15) is 0 Å².